The van der Waals surface area contributed by atoms with E-state index in [9.17, 15) is 5.11 Å². The Morgan fingerprint density at radius 2 is 1.52 bits per heavy atom. The van der Waals surface area contributed by atoms with Crippen LogP contribution in [0, 0.1) is 5.92 Å². The molecule has 0 amide bonds. The van der Waals surface area contributed by atoms with Crippen LogP contribution in [0.4, 0.5) is 0 Å². The van der Waals surface area contributed by atoms with Gasteiger partial charge in [0, 0.05) is 0 Å². The number of rotatable bonds is 6. The molecule has 1 unspecified atom stereocenters. The Morgan fingerprint density at radius 3 is 2.08 bits per heavy atom. The van der Waals surface area contributed by atoms with Crippen molar-refractivity contribution in [3.05, 3.63) is 71.8 Å². The molecule has 0 bridgehead atoms. The van der Waals surface area contributed by atoms with Crippen molar-refractivity contribution >= 4 is 0 Å². The maximum Gasteiger partial charge on any atom is 0.117 e. The molecule has 25 heavy (non-hydrogen) atoms. The van der Waals surface area contributed by atoms with Crippen molar-refractivity contribution in [2.75, 3.05) is 19.6 Å². The Morgan fingerprint density at radius 1 is 0.920 bits per heavy atom. The molecule has 1 saturated heterocycles. The van der Waals surface area contributed by atoms with Crippen LogP contribution in [0.2, 0.25) is 0 Å². The van der Waals surface area contributed by atoms with E-state index in [2.05, 4.69) is 36.1 Å². The summed E-state index contributed by atoms with van der Waals surface area (Å²) < 4.78 is 0. The average Bonchev–Trinajstić information content (AvgIpc) is 2.93. The third kappa shape index (κ3) is 4.13. The first-order valence-electron chi connectivity index (χ1n) is 9.81. The lowest BCUT2D eigenvalue weighted by atomic mass is 9.73. The molecule has 1 heterocycles. The van der Waals surface area contributed by atoms with Crippen LogP contribution >= 0.6 is 0 Å². The van der Waals surface area contributed by atoms with Crippen LogP contribution in [0.3, 0.4) is 0 Å². The largest absolute Gasteiger partial charge is 0.380 e. The van der Waals surface area contributed by atoms with Crippen LogP contribution in [0.5, 0.6) is 0 Å². The first-order valence-corrected chi connectivity index (χ1v) is 9.81. The minimum Gasteiger partial charge on any atom is -0.380 e. The smallest absolute Gasteiger partial charge is 0.117 e. The summed E-state index contributed by atoms with van der Waals surface area (Å²) in [6.07, 6.45) is 5.80. The van der Waals surface area contributed by atoms with E-state index < -0.39 is 5.60 Å². The fourth-order valence-electron chi connectivity index (χ4n) is 4.20. The second-order valence-electron chi connectivity index (χ2n) is 7.32. The van der Waals surface area contributed by atoms with E-state index in [1.807, 2.05) is 36.4 Å². The third-order valence-electron chi connectivity index (χ3n) is 5.67. The molecule has 2 aromatic carbocycles. The highest BCUT2D eigenvalue weighted by Crippen LogP contribution is 2.41. The zero-order valence-corrected chi connectivity index (χ0v) is 15.4. The first kappa shape index (κ1) is 18.2. The van der Waals surface area contributed by atoms with E-state index in [4.69, 9.17) is 0 Å². The molecule has 1 fully saturated rings. The van der Waals surface area contributed by atoms with E-state index in [1.165, 1.54) is 19.4 Å². The Kier molecular flexibility index (Phi) is 6.28. The van der Waals surface area contributed by atoms with Gasteiger partial charge in [-0.2, -0.15) is 0 Å². The number of benzene rings is 2. The maximum absolute atomic E-state index is 11.9. The van der Waals surface area contributed by atoms with E-state index in [0.717, 1.165) is 43.5 Å². The van der Waals surface area contributed by atoms with E-state index in [0.29, 0.717) is 0 Å². The summed E-state index contributed by atoms with van der Waals surface area (Å²) in [5.41, 5.74) is 1.14. The molecular formula is C23H31NO. The predicted octanol–water partition coefficient (Wildman–Crippen LogP) is 4.82. The lowest BCUT2D eigenvalue weighted by Gasteiger charge is -2.37. The van der Waals surface area contributed by atoms with Crippen molar-refractivity contribution in [2.24, 2.45) is 5.92 Å². The van der Waals surface area contributed by atoms with Crippen LogP contribution < -0.4 is 0 Å². The minimum atomic E-state index is -0.900. The summed E-state index contributed by atoms with van der Waals surface area (Å²) in [5.74, 6) is 0.254. The zero-order chi connectivity index (χ0) is 17.5. The highest BCUT2D eigenvalue weighted by molar-refractivity contribution is 5.37. The van der Waals surface area contributed by atoms with Gasteiger partial charge in [-0.1, -0.05) is 74.0 Å². The summed E-state index contributed by atoms with van der Waals surface area (Å²) in [6.45, 7) is 5.70. The van der Waals surface area contributed by atoms with Gasteiger partial charge in [0.25, 0.3) is 0 Å². The van der Waals surface area contributed by atoms with Gasteiger partial charge < -0.3 is 10.0 Å². The van der Waals surface area contributed by atoms with Crippen molar-refractivity contribution in [2.45, 2.75) is 44.6 Å². The lowest BCUT2D eigenvalue weighted by molar-refractivity contribution is 0.00923. The van der Waals surface area contributed by atoms with Gasteiger partial charge in [-0.3, -0.25) is 0 Å². The number of likely N-dealkylation sites (tertiary alicyclic amines) is 1. The van der Waals surface area contributed by atoms with Gasteiger partial charge in [-0.25, -0.2) is 0 Å². The molecule has 134 valence electrons. The Hall–Kier alpha value is -1.64. The fourth-order valence-corrected chi connectivity index (χ4v) is 4.20. The molecule has 0 radical (unpaired) electrons. The molecule has 1 atom stereocenters. The summed E-state index contributed by atoms with van der Waals surface area (Å²) in [5, 5.41) is 11.9. The monoisotopic (exact) mass is 337 g/mol. The number of aliphatic hydroxyl groups is 1. The van der Waals surface area contributed by atoms with Crippen molar-refractivity contribution in [1.29, 1.82) is 0 Å². The quantitative estimate of drug-likeness (QED) is 0.816. The highest BCUT2D eigenvalue weighted by Gasteiger charge is 2.40. The molecule has 3 rings (SSSR count). The fraction of sp³-hybridized carbons (Fsp3) is 0.478. The van der Waals surface area contributed by atoms with E-state index >= 15 is 0 Å². The van der Waals surface area contributed by atoms with Crippen LogP contribution in [-0.4, -0.2) is 29.6 Å². The zero-order valence-electron chi connectivity index (χ0n) is 15.4. The minimum absolute atomic E-state index is 0.254. The van der Waals surface area contributed by atoms with Crippen LogP contribution in [0.15, 0.2) is 60.7 Å². The molecule has 2 heteroatoms. The van der Waals surface area contributed by atoms with Crippen molar-refractivity contribution < 1.29 is 5.11 Å². The number of unbranched alkanes of at least 4 members (excludes halogenated alkanes) is 1. The van der Waals surface area contributed by atoms with Crippen molar-refractivity contribution in [3.63, 3.8) is 0 Å². The standard InChI is InChI=1S/C23H31NO/c1-2-3-17-24-18-10-15-22(16-19-24)23(25,20-11-6-4-7-12-20)21-13-8-5-9-14-21/h4-9,11-14,22,25H,2-3,10,15-19H2,1H3. The number of hydrogen-bond acceptors (Lipinski definition) is 2. The van der Waals surface area contributed by atoms with E-state index in [1.54, 1.807) is 0 Å². The summed E-state index contributed by atoms with van der Waals surface area (Å²) in [4.78, 5) is 2.58. The van der Waals surface area contributed by atoms with Crippen LogP contribution in [0.1, 0.15) is 50.2 Å². The normalized spacial score (nSPS) is 19.5. The highest BCUT2D eigenvalue weighted by atomic mass is 16.3. The summed E-state index contributed by atoms with van der Waals surface area (Å²) >= 11 is 0. The topological polar surface area (TPSA) is 23.5 Å². The Bertz CT molecular complexity index is 586. The molecule has 1 aliphatic rings. The Labute approximate surface area is 152 Å². The third-order valence-corrected chi connectivity index (χ3v) is 5.67. The molecule has 0 aliphatic carbocycles. The van der Waals surface area contributed by atoms with Gasteiger partial charge in [0.2, 0.25) is 0 Å². The molecule has 1 N–H and O–H groups in total. The first-order chi connectivity index (χ1) is 12.2. The van der Waals surface area contributed by atoms with Gasteiger partial charge in [0.1, 0.15) is 5.60 Å². The van der Waals surface area contributed by atoms with Crippen LogP contribution in [-0.2, 0) is 5.60 Å². The molecule has 0 aromatic heterocycles. The van der Waals surface area contributed by atoms with Crippen molar-refractivity contribution in [3.8, 4) is 0 Å². The second kappa shape index (κ2) is 8.64. The average molecular weight is 338 g/mol. The van der Waals surface area contributed by atoms with Gasteiger partial charge in [-0.15, -0.1) is 0 Å². The number of hydrogen-bond donors (Lipinski definition) is 1. The maximum atomic E-state index is 11.9. The predicted molar refractivity (Wildman–Crippen MR) is 105 cm³/mol. The van der Waals surface area contributed by atoms with Crippen LogP contribution in [0.25, 0.3) is 0 Å². The van der Waals surface area contributed by atoms with Gasteiger partial charge >= 0.3 is 0 Å². The molecule has 2 nitrogen and oxygen atoms in total. The molecule has 1 aliphatic heterocycles. The van der Waals surface area contributed by atoms with Gasteiger partial charge in [0.15, 0.2) is 0 Å². The Balaban J connectivity index is 1.88. The molecular weight excluding hydrogens is 306 g/mol. The van der Waals surface area contributed by atoms with Crippen molar-refractivity contribution in [1.82, 2.24) is 4.90 Å². The summed E-state index contributed by atoms with van der Waals surface area (Å²) in [6, 6.07) is 20.5. The summed E-state index contributed by atoms with van der Waals surface area (Å²) in [7, 11) is 0. The number of nitrogens with zero attached hydrogens (tertiary/aromatic N) is 1. The van der Waals surface area contributed by atoms with E-state index in [-0.39, 0.29) is 5.92 Å². The van der Waals surface area contributed by atoms with Gasteiger partial charge in [0.05, 0.1) is 0 Å². The lowest BCUT2D eigenvalue weighted by Crippen LogP contribution is -2.37. The molecule has 0 saturated carbocycles. The molecule has 2 aromatic rings. The SMILES string of the molecule is CCCCN1CCCC(C(O)(c2ccccc2)c2ccccc2)CC1. The second-order valence-corrected chi connectivity index (χ2v) is 7.32. The van der Waals surface area contributed by atoms with Gasteiger partial charge in [-0.05, 0) is 62.4 Å². The molecule has 0 spiro atoms.